The minimum Gasteiger partial charge on any atom is -0.378 e. The summed E-state index contributed by atoms with van der Waals surface area (Å²) in [5.74, 6) is 0.239. The molecule has 0 aromatic carbocycles. The fourth-order valence-electron chi connectivity index (χ4n) is 2.18. The summed E-state index contributed by atoms with van der Waals surface area (Å²) in [4.78, 5) is 10.7. The summed E-state index contributed by atoms with van der Waals surface area (Å²) in [6.07, 6.45) is 4.38. The van der Waals surface area contributed by atoms with Gasteiger partial charge in [0.25, 0.3) is 0 Å². The Hall–Kier alpha value is -0.273. The summed E-state index contributed by atoms with van der Waals surface area (Å²) in [6.45, 7) is 4.87. The van der Waals surface area contributed by atoms with Crippen molar-refractivity contribution in [2.75, 3.05) is 27.9 Å². The second-order valence-corrected chi connectivity index (χ2v) is 8.07. The Kier molecular flexibility index (Phi) is 11.2. The van der Waals surface area contributed by atoms with Crippen molar-refractivity contribution in [2.24, 2.45) is 5.92 Å². The van der Waals surface area contributed by atoms with E-state index < -0.39 is 8.80 Å². The summed E-state index contributed by atoms with van der Waals surface area (Å²) in [5, 5.41) is 0. The molecule has 20 heavy (non-hydrogen) atoms. The Morgan fingerprint density at radius 2 is 1.75 bits per heavy atom. The van der Waals surface area contributed by atoms with Gasteiger partial charge in [-0.05, 0) is 25.2 Å². The standard InChI is InChI=1S/C14H30O5Si/c1-6-11-19-14(13(2)9-10-15)8-7-12-20(16-3,17-4)18-5/h10,13-14H,6-9,11-12H2,1-5H3. The highest BCUT2D eigenvalue weighted by Gasteiger charge is 2.37. The maximum atomic E-state index is 10.7. The first kappa shape index (κ1) is 19.7. The normalized spacial score (nSPS) is 15.1. The van der Waals surface area contributed by atoms with Crippen molar-refractivity contribution in [3.63, 3.8) is 0 Å². The first-order valence-electron chi connectivity index (χ1n) is 7.29. The molecule has 0 amide bonds. The zero-order valence-electron chi connectivity index (χ0n) is 13.5. The van der Waals surface area contributed by atoms with E-state index in [1.807, 2.05) is 0 Å². The van der Waals surface area contributed by atoms with Gasteiger partial charge in [-0.2, -0.15) is 0 Å². The highest BCUT2D eigenvalue weighted by atomic mass is 28.4. The number of hydrogen-bond acceptors (Lipinski definition) is 5. The van der Waals surface area contributed by atoms with E-state index in [9.17, 15) is 4.79 Å². The summed E-state index contributed by atoms with van der Waals surface area (Å²) >= 11 is 0. The Bertz CT molecular complexity index is 237. The first-order chi connectivity index (χ1) is 9.59. The van der Waals surface area contributed by atoms with Crippen molar-refractivity contribution in [2.45, 2.75) is 51.7 Å². The summed E-state index contributed by atoms with van der Waals surface area (Å²) in [6, 6.07) is 0.760. The quantitative estimate of drug-likeness (QED) is 0.387. The van der Waals surface area contributed by atoms with Crippen LogP contribution in [0.15, 0.2) is 0 Å². The summed E-state index contributed by atoms with van der Waals surface area (Å²) < 4.78 is 22.1. The van der Waals surface area contributed by atoms with Crippen LogP contribution in [0.3, 0.4) is 0 Å². The molecule has 0 heterocycles. The van der Waals surface area contributed by atoms with E-state index in [0.29, 0.717) is 6.42 Å². The highest BCUT2D eigenvalue weighted by molar-refractivity contribution is 6.60. The molecule has 0 aromatic rings. The smallest absolute Gasteiger partial charge is 0.378 e. The van der Waals surface area contributed by atoms with E-state index in [4.69, 9.17) is 18.0 Å². The Labute approximate surface area is 124 Å². The maximum Gasteiger partial charge on any atom is 0.500 e. The minimum atomic E-state index is -2.49. The van der Waals surface area contributed by atoms with Crippen LogP contribution >= 0.6 is 0 Å². The van der Waals surface area contributed by atoms with E-state index in [1.54, 1.807) is 21.3 Å². The molecule has 0 saturated heterocycles. The molecule has 0 fully saturated rings. The van der Waals surface area contributed by atoms with Gasteiger partial charge in [0.05, 0.1) is 6.10 Å². The lowest BCUT2D eigenvalue weighted by atomic mass is 9.98. The summed E-state index contributed by atoms with van der Waals surface area (Å²) in [7, 11) is 2.38. The average molecular weight is 306 g/mol. The lowest BCUT2D eigenvalue weighted by Crippen LogP contribution is -2.42. The number of carbonyl (C=O) groups excluding carboxylic acids is 1. The molecule has 0 radical (unpaired) electrons. The molecule has 0 spiro atoms. The lowest BCUT2D eigenvalue weighted by Gasteiger charge is -2.27. The van der Waals surface area contributed by atoms with E-state index in [1.165, 1.54) is 0 Å². The fourth-order valence-corrected chi connectivity index (χ4v) is 3.93. The van der Waals surface area contributed by atoms with Crippen molar-refractivity contribution < 1.29 is 22.8 Å². The fraction of sp³-hybridized carbons (Fsp3) is 0.929. The van der Waals surface area contributed by atoms with Gasteiger partial charge in [-0.1, -0.05) is 13.8 Å². The van der Waals surface area contributed by atoms with Crippen LogP contribution in [0.1, 0.15) is 39.5 Å². The zero-order valence-corrected chi connectivity index (χ0v) is 14.5. The number of aldehydes is 1. The van der Waals surface area contributed by atoms with Crippen molar-refractivity contribution in [1.29, 1.82) is 0 Å². The zero-order chi connectivity index (χ0) is 15.4. The maximum absolute atomic E-state index is 10.7. The molecule has 5 nitrogen and oxygen atoms in total. The van der Waals surface area contributed by atoms with Gasteiger partial charge in [0.2, 0.25) is 0 Å². The van der Waals surface area contributed by atoms with Crippen LogP contribution in [0.5, 0.6) is 0 Å². The van der Waals surface area contributed by atoms with Crippen molar-refractivity contribution in [3.05, 3.63) is 0 Å². The Morgan fingerprint density at radius 3 is 2.20 bits per heavy atom. The predicted octanol–water partition coefficient (Wildman–Crippen LogP) is 2.67. The first-order valence-corrected chi connectivity index (χ1v) is 9.23. The van der Waals surface area contributed by atoms with E-state index in [0.717, 1.165) is 38.2 Å². The topological polar surface area (TPSA) is 54.0 Å². The Balaban J connectivity index is 4.33. The average Bonchev–Trinajstić information content (AvgIpc) is 2.47. The van der Waals surface area contributed by atoms with Gasteiger partial charge in [-0.15, -0.1) is 0 Å². The molecule has 2 unspecified atom stereocenters. The van der Waals surface area contributed by atoms with Crippen LogP contribution in [0.4, 0.5) is 0 Å². The molecule has 0 aliphatic carbocycles. The molecule has 0 rings (SSSR count). The monoisotopic (exact) mass is 306 g/mol. The van der Waals surface area contributed by atoms with Crippen LogP contribution in [-0.2, 0) is 22.8 Å². The van der Waals surface area contributed by atoms with Crippen molar-refractivity contribution in [1.82, 2.24) is 0 Å². The number of hydrogen-bond donors (Lipinski definition) is 0. The van der Waals surface area contributed by atoms with Crippen molar-refractivity contribution >= 4 is 15.1 Å². The third kappa shape index (κ3) is 6.94. The van der Waals surface area contributed by atoms with Crippen LogP contribution in [0, 0.1) is 5.92 Å². The van der Waals surface area contributed by atoms with Gasteiger partial charge in [0.1, 0.15) is 6.29 Å². The third-order valence-electron chi connectivity index (χ3n) is 3.54. The van der Waals surface area contributed by atoms with Crippen LogP contribution in [0.25, 0.3) is 0 Å². The van der Waals surface area contributed by atoms with Crippen LogP contribution < -0.4 is 0 Å². The highest BCUT2D eigenvalue weighted by Crippen LogP contribution is 2.22. The SMILES string of the molecule is CCCOC(CCC[Si](OC)(OC)OC)C(C)CC=O. The van der Waals surface area contributed by atoms with Gasteiger partial charge in [0.15, 0.2) is 0 Å². The molecule has 0 N–H and O–H groups in total. The Morgan fingerprint density at radius 1 is 1.15 bits per heavy atom. The second-order valence-electron chi connectivity index (χ2n) is 4.98. The molecule has 0 bridgehead atoms. The molecule has 6 heteroatoms. The van der Waals surface area contributed by atoms with Gasteiger partial charge in [-0.25, -0.2) is 0 Å². The van der Waals surface area contributed by atoms with Crippen molar-refractivity contribution in [3.8, 4) is 0 Å². The molecule has 0 aliphatic rings. The van der Waals surface area contributed by atoms with Gasteiger partial charge >= 0.3 is 8.80 Å². The second kappa shape index (κ2) is 11.4. The van der Waals surface area contributed by atoms with Gasteiger partial charge in [-0.3, -0.25) is 0 Å². The number of carbonyl (C=O) groups is 1. The lowest BCUT2D eigenvalue weighted by molar-refractivity contribution is -0.109. The van der Waals surface area contributed by atoms with E-state index in [2.05, 4.69) is 13.8 Å². The largest absolute Gasteiger partial charge is 0.500 e. The third-order valence-corrected chi connectivity index (χ3v) is 6.38. The number of ether oxygens (including phenoxy) is 1. The molecule has 0 aromatic heterocycles. The molecule has 2 atom stereocenters. The molecule has 0 aliphatic heterocycles. The van der Waals surface area contributed by atoms with Gasteiger partial charge < -0.3 is 22.8 Å². The van der Waals surface area contributed by atoms with Gasteiger partial charge in [0, 0.05) is 40.4 Å². The molecule has 120 valence electrons. The minimum absolute atomic E-state index is 0.109. The number of rotatable bonds is 13. The predicted molar refractivity (Wildman–Crippen MR) is 80.7 cm³/mol. The van der Waals surface area contributed by atoms with Crippen LogP contribution in [-0.4, -0.2) is 49.1 Å². The van der Waals surface area contributed by atoms with Crippen LogP contribution in [0.2, 0.25) is 6.04 Å². The molecular weight excluding hydrogens is 276 g/mol. The summed E-state index contributed by atoms with van der Waals surface area (Å²) in [5.41, 5.74) is 0. The van der Waals surface area contributed by atoms with E-state index >= 15 is 0 Å². The molecular formula is C14H30O5Si. The van der Waals surface area contributed by atoms with E-state index in [-0.39, 0.29) is 12.0 Å². The molecule has 0 saturated carbocycles.